The van der Waals surface area contributed by atoms with E-state index in [4.69, 9.17) is 11.6 Å². The lowest BCUT2D eigenvalue weighted by Crippen LogP contribution is -2.22. The van der Waals surface area contributed by atoms with E-state index in [0.29, 0.717) is 5.02 Å². The Hall–Kier alpha value is -1.22. The van der Waals surface area contributed by atoms with Crippen molar-refractivity contribution < 1.29 is 13.5 Å². The molecule has 0 radical (unpaired) electrons. The smallest absolute Gasteiger partial charge is 0.240 e. The Bertz CT molecular complexity index is 902. The van der Waals surface area contributed by atoms with Gasteiger partial charge in [0, 0.05) is 26.2 Å². The highest BCUT2D eigenvalue weighted by Crippen LogP contribution is 2.31. The molecule has 1 atom stereocenters. The third-order valence-electron chi connectivity index (χ3n) is 3.32. The molecule has 0 saturated carbocycles. The van der Waals surface area contributed by atoms with Crippen LogP contribution in [0.3, 0.4) is 0 Å². The summed E-state index contributed by atoms with van der Waals surface area (Å²) < 4.78 is 27.1. The topological polar surface area (TPSA) is 66.4 Å². The van der Waals surface area contributed by atoms with Crippen molar-refractivity contribution in [2.45, 2.75) is 17.5 Å². The van der Waals surface area contributed by atoms with Crippen molar-refractivity contribution in [1.29, 1.82) is 0 Å². The fourth-order valence-electron chi connectivity index (χ4n) is 2.09. The molecule has 1 aromatic carbocycles. The Balaban J connectivity index is 1.68. The maximum Gasteiger partial charge on any atom is 0.240 e. The molecule has 0 saturated heterocycles. The number of nitrogens with one attached hydrogen (secondary N) is 1. The summed E-state index contributed by atoms with van der Waals surface area (Å²) in [6, 6.07) is 13.4. The molecule has 0 aliphatic rings. The maximum absolute atomic E-state index is 12.2. The van der Waals surface area contributed by atoms with Gasteiger partial charge in [0.15, 0.2) is 0 Å². The van der Waals surface area contributed by atoms with Crippen LogP contribution < -0.4 is 4.72 Å². The van der Waals surface area contributed by atoms with Crippen LogP contribution >= 0.6 is 34.3 Å². The third-order valence-corrected chi connectivity index (χ3v) is 7.06. The number of aliphatic hydroxyl groups is 1. The molecule has 1 unspecified atom stereocenters. The molecular weight excluding hydrogens is 386 g/mol. The number of hydrogen-bond donors (Lipinski definition) is 2. The average molecular weight is 400 g/mol. The Labute approximate surface area is 153 Å². The second kappa shape index (κ2) is 7.35. The molecule has 0 bridgehead atoms. The molecule has 3 rings (SSSR count). The van der Waals surface area contributed by atoms with Crippen molar-refractivity contribution in [3.63, 3.8) is 0 Å². The zero-order valence-electron chi connectivity index (χ0n) is 12.3. The molecule has 0 aliphatic heterocycles. The number of hydrogen-bond acceptors (Lipinski definition) is 5. The van der Waals surface area contributed by atoms with Crippen LogP contribution in [0.4, 0.5) is 0 Å². The van der Waals surface area contributed by atoms with Crippen molar-refractivity contribution in [1.82, 2.24) is 4.72 Å². The van der Waals surface area contributed by atoms with Gasteiger partial charge in [-0.1, -0.05) is 17.7 Å². The van der Waals surface area contributed by atoms with E-state index in [2.05, 4.69) is 4.72 Å². The SMILES string of the molecule is O=S(=O)(NCc1ccc(C(O)c2cccs2)s1)c1ccc(Cl)cc1. The highest BCUT2D eigenvalue weighted by molar-refractivity contribution is 7.89. The molecule has 0 amide bonds. The minimum Gasteiger partial charge on any atom is -0.382 e. The van der Waals surface area contributed by atoms with Crippen molar-refractivity contribution in [3.05, 3.63) is 73.6 Å². The lowest BCUT2D eigenvalue weighted by molar-refractivity contribution is 0.228. The molecule has 3 aromatic rings. The fraction of sp³-hybridized carbons (Fsp3) is 0.125. The van der Waals surface area contributed by atoms with Gasteiger partial charge in [0.2, 0.25) is 10.0 Å². The van der Waals surface area contributed by atoms with E-state index in [9.17, 15) is 13.5 Å². The average Bonchev–Trinajstić information content (AvgIpc) is 3.25. The Kier molecular flexibility index (Phi) is 5.39. The Morgan fingerprint density at radius 1 is 1.08 bits per heavy atom. The van der Waals surface area contributed by atoms with Crippen LogP contribution in [0.5, 0.6) is 0 Å². The molecule has 8 heteroatoms. The van der Waals surface area contributed by atoms with Gasteiger partial charge in [-0.3, -0.25) is 0 Å². The number of aliphatic hydroxyl groups excluding tert-OH is 1. The molecule has 0 spiro atoms. The zero-order chi connectivity index (χ0) is 17.2. The van der Waals surface area contributed by atoms with Crippen LogP contribution in [0.25, 0.3) is 0 Å². The van der Waals surface area contributed by atoms with Crippen LogP contribution in [0, 0.1) is 0 Å². The van der Waals surface area contributed by atoms with Gasteiger partial charge < -0.3 is 5.11 Å². The van der Waals surface area contributed by atoms with Crippen molar-refractivity contribution in [3.8, 4) is 0 Å². The van der Waals surface area contributed by atoms with Gasteiger partial charge in [0.1, 0.15) is 6.10 Å². The molecule has 0 fully saturated rings. The summed E-state index contributed by atoms with van der Waals surface area (Å²) in [5, 5.41) is 12.7. The molecule has 126 valence electrons. The fourth-order valence-corrected chi connectivity index (χ4v) is 5.07. The van der Waals surface area contributed by atoms with Crippen LogP contribution in [-0.2, 0) is 16.6 Å². The summed E-state index contributed by atoms with van der Waals surface area (Å²) in [6.07, 6.45) is -0.670. The molecule has 24 heavy (non-hydrogen) atoms. The monoisotopic (exact) mass is 399 g/mol. The maximum atomic E-state index is 12.2. The van der Waals surface area contributed by atoms with Gasteiger partial charge in [0.25, 0.3) is 0 Å². The number of thiophene rings is 2. The van der Waals surface area contributed by atoms with Gasteiger partial charge in [0.05, 0.1) is 4.90 Å². The van der Waals surface area contributed by atoms with Gasteiger partial charge in [-0.05, 0) is 47.8 Å². The van der Waals surface area contributed by atoms with E-state index in [1.54, 1.807) is 0 Å². The highest BCUT2D eigenvalue weighted by Gasteiger charge is 2.16. The Morgan fingerprint density at radius 3 is 2.50 bits per heavy atom. The molecule has 2 heterocycles. The van der Waals surface area contributed by atoms with Crippen LogP contribution in [0.2, 0.25) is 5.02 Å². The van der Waals surface area contributed by atoms with E-state index >= 15 is 0 Å². The molecule has 4 nitrogen and oxygen atoms in total. The second-order valence-corrected chi connectivity index (χ2v) is 9.38. The minimum atomic E-state index is -3.59. The summed E-state index contributed by atoms with van der Waals surface area (Å²) in [4.78, 5) is 2.66. The lowest BCUT2D eigenvalue weighted by Gasteiger charge is -2.06. The molecule has 2 aromatic heterocycles. The van der Waals surface area contributed by atoms with Crippen molar-refractivity contribution in [2.75, 3.05) is 0 Å². The first-order valence-electron chi connectivity index (χ1n) is 7.01. The third kappa shape index (κ3) is 4.05. The summed E-state index contributed by atoms with van der Waals surface area (Å²) in [5.41, 5.74) is 0. The second-order valence-electron chi connectivity index (χ2n) is 5.00. The predicted molar refractivity (Wildman–Crippen MR) is 98.2 cm³/mol. The lowest BCUT2D eigenvalue weighted by atomic mass is 10.2. The van der Waals surface area contributed by atoms with Gasteiger partial charge in [-0.15, -0.1) is 22.7 Å². The quantitative estimate of drug-likeness (QED) is 0.657. The van der Waals surface area contributed by atoms with Crippen LogP contribution in [0.15, 0.2) is 58.8 Å². The number of benzene rings is 1. The van der Waals surface area contributed by atoms with Gasteiger partial charge in [-0.25, -0.2) is 13.1 Å². The number of halogens is 1. The first-order chi connectivity index (χ1) is 11.5. The number of rotatable bonds is 6. The number of sulfonamides is 1. The van der Waals surface area contributed by atoms with Gasteiger partial charge >= 0.3 is 0 Å². The van der Waals surface area contributed by atoms with E-state index in [-0.39, 0.29) is 11.4 Å². The molecule has 2 N–H and O–H groups in total. The first-order valence-corrected chi connectivity index (χ1v) is 10.6. The standard InChI is InChI=1S/C16H14ClNO3S3/c17-11-3-6-13(7-4-11)24(20,21)18-10-12-5-8-15(23-12)16(19)14-2-1-9-22-14/h1-9,16,18-19H,10H2. The van der Waals surface area contributed by atoms with E-state index < -0.39 is 16.1 Å². The minimum absolute atomic E-state index is 0.169. The normalized spacial score (nSPS) is 13.1. The summed E-state index contributed by atoms with van der Waals surface area (Å²) >= 11 is 8.64. The largest absolute Gasteiger partial charge is 0.382 e. The van der Waals surface area contributed by atoms with Crippen LogP contribution in [-0.4, -0.2) is 13.5 Å². The van der Waals surface area contributed by atoms with Gasteiger partial charge in [-0.2, -0.15) is 0 Å². The first kappa shape index (κ1) is 17.6. The highest BCUT2D eigenvalue weighted by atomic mass is 35.5. The van der Waals surface area contributed by atoms with Crippen LogP contribution in [0.1, 0.15) is 20.7 Å². The van der Waals surface area contributed by atoms with E-state index in [1.807, 2.05) is 29.6 Å². The predicted octanol–water partition coefficient (Wildman–Crippen LogP) is 4.02. The summed E-state index contributed by atoms with van der Waals surface area (Å²) in [7, 11) is -3.59. The molecular formula is C16H14ClNO3S3. The molecule has 0 aliphatic carbocycles. The Morgan fingerprint density at radius 2 is 1.83 bits per heavy atom. The van der Waals surface area contributed by atoms with Crippen molar-refractivity contribution >= 4 is 44.3 Å². The van der Waals surface area contributed by atoms with Crippen molar-refractivity contribution in [2.24, 2.45) is 0 Å². The zero-order valence-corrected chi connectivity index (χ0v) is 15.6. The summed E-state index contributed by atoms with van der Waals surface area (Å²) in [5.74, 6) is 0. The van der Waals surface area contributed by atoms with E-state index in [0.717, 1.165) is 14.6 Å². The summed E-state index contributed by atoms with van der Waals surface area (Å²) in [6.45, 7) is 0.173. The van der Waals surface area contributed by atoms with E-state index in [1.165, 1.54) is 46.9 Å².